The summed E-state index contributed by atoms with van der Waals surface area (Å²) in [6.45, 7) is 4.39. The van der Waals surface area contributed by atoms with E-state index in [1.54, 1.807) is 37.2 Å². The molecule has 0 N–H and O–H groups in total. The Hall–Kier alpha value is -3.82. The van der Waals surface area contributed by atoms with Crippen LogP contribution in [0, 0.1) is 13.8 Å². The van der Waals surface area contributed by atoms with Crippen LogP contribution in [-0.4, -0.2) is 52.5 Å². The van der Waals surface area contributed by atoms with Gasteiger partial charge in [-0.05, 0) is 31.5 Å². The van der Waals surface area contributed by atoms with Crippen LogP contribution in [-0.2, 0) is 17.9 Å². The van der Waals surface area contributed by atoms with Crippen LogP contribution in [0.4, 0.5) is 10.5 Å². The number of anilines is 1. The quantitative estimate of drug-likeness (QED) is 0.536. The molecule has 0 unspecified atom stereocenters. The Morgan fingerprint density at radius 1 is 1.10 bits per heavy atom. The second-order valence-corrected chi connectivity index (χ2v) is 7.26. The number of benzene rings is 1. The summed E-state index contributed by atoms with van der Waals surface area (Å²) in [7, 11) is 3.11. The van der Waals surface area contributed by atoms with Crippen LogP contribution in [0.5, 0.6) is 11.5 Å². The van der Waals surface area contributed by atoms with E-state index in [9.17, 15) is 9.59 Å². The molecule has 3 amide bonds. The fourth-order valence-corrected chi connectivity index (χ4v) is 3.57. The molecule has 0 bridgehead atoms. The van der Waals surface area contributed by atoms with Gasteiger partial charge in [-0.15, -0.1) is 0 Å². The van der Waals surface area contributed by atoms with Gasteiger partial charge in [0, 0.05) is 18.3 Å². The molecular formula is C21H23N5O5. The van der Waals surface area contributed by atoms with Gasteiger partial charge < -0.3 is 18.9 Å². The second kappa shape index (κ2) is 8.13. The highest BCUT2D eigenvalue weighted by Gasteiger charge is 2.37. The first-order valence-electron chi connectivity index (χ1n) is 9.68. The summed E-state index contributed by atoms with van der Waals surface area (Å²) in [5, 5.41) is 8.23. The minimum atomic E-state index is -0.392. The number of carbonyl (C=O) groups excluding carboxylic acids is 2. The third-order valence-electron chi connectivity index (χ3n) is 5.24. The van der Waals surface area contributed by atoms with E-state index >= 15 is 0 Å². The molecule has 0 saturated carbocycles. The van der Waals surface area contributed by atoms with E-state index in [-0.39, 0.29) is 19.0 Å². The summed E-state index contributed by atoms with van der Waals surface area (Å²) in [6, 6.07) is 5.01. The average molecular weight is 425 g/mol. The first-order valence-corrected chi connectivity index (χ1v) is 9.68. The number of amides is 3. The minimum absolute atomic E-state index is 0.0117. The molecule has 0 radical (unpaired) electrons. The van der Waals surface area contributed by atoms with Crippen molar-refractivity contribution in [3.8, 4) is 11.5 Å². The van der Waals surface area contributed by atoms with Crippen LogP contribution >= 0.6 is 0 Å². The molecule has 0 atom stereocenters. The molecule has 31 heavy (non-hydrogen) atoms. The van der Waals surface area contributed by atoms with E-state index in [0.717, 1.165) is 21.7 Å². The Labute approximate surface area is 178 Å². The van der Waals surface area contributed by atoms with Crippen molar-refractivity contribution in [1.82, 2.24) is 19.8 Å². The van der Waals surface area contributed by atoms with Crippen molar-refractivity contribution < 1.29 is 23.6 Å². The first-order chi connectivity index (χ1) is 14.9. The number of imide groups is 1. The Morgan fingerprint density at radius 2 is 1.87 bits per heavy atom. The third-order valence-corrected chi connectivity index (χ3v) is 5.24. The topological polar surface area (TPSA) is 103 Å². The van der Waals surface area contributed by atoms with Gasteiger partial charge in [0.25, 0.3) is 5.91 Å². The molecule has 1 aliphatic rings. The van der Waals surface area contributed by atoms with Gasteiger partial charge in [0.05, 0.1) is 38.3 Å². The number of urea groups is 1. The van der Waals surface area contributed by atoms with Crippen molar-refractivity contribution in [1.29, 1.82) is 0 Å². The molecule has 10 heteroatoms. The monoisotopic (exact) mass is 425 g/mol. The van der Waals surface area contributed by atoms with Crippen LogP contribution in [0.25, 0.3) is 0 Å². The van der Waals surface area contributed by atoms with Crippen LogP contribution in [0.15, 0.2) is 35.1 Å². The molecule has 4 rings (SSSR count). The van der Waals surface area contributed by atoms with Crippen molar-refractivity contribution >= 4 is 17.6 Å². The lowest BCUT2D eigenvalue weighted by Gasteiger charge is -2.17. The minimum Gasteiger partial charge on any atom is -0.493 e. The Kier molecular flexibility index (Phi) is 5.37. The lowest BCUT2D eigenvalue weighted by molar-refractivity contribution is -0.116. The zero-order valence-corrected chi connectivity index (χ0v) is 17.8. The molecule has 10 nitrogen and oxygen atoms in total. The number of hydrogen-bond acceptors (Lipinski definition) is 7. The highest BCUT2D eigenvalue weighted by molar-refractivity contribution is 6.19. The van der Waals surface area contributed by atoms with Crippen molar-refractivity contribution in [2.45, 2.75) is 26.9 Å². The average Bonchev–Trinajstić information content (AvgIpc) is 3.42. The summed E-state index contributed by atoms with van der Waals surface area (Å²) in [5.74, 6) is 1.57. The predicted molar refractivity (Wildman–Crippen MR) is 110 cm³/mol. The number of carbonyl (C=O) groups is 2. The smallest absolute Gasteiger partial charge is 0.332 e. The first kappa shape index (κ1) is 20.5. The van der Waals surface area contributed by atoms with Crippen molar-refractivity contribution in [2.24, 2.45) is 0 Å². The molecule has 3 aromatic rings. The SMILES string of the molecule is COc1ccc(CN2CC(=O)N(c3cnn(Cc4c(C)noc4C)c3)C2=O)cc1OC. The van der Waals surface area contributed by atoms with E-state index in [1.807, 2.05) is 19.9 Å². The molecule has 3 heterocycles. The zero-order chi connectivity index (χ0) is 22.1. The number of ether oxygens (including phenoxy) is 2. The highest BCUT2D eigenvalue weighted by Crippen LogP contribution is 2.29. The van der Waals surface area contributed by atoms with Crippen molar-refractivity contribution in [3.05, 3.63) is 53.2 Å². The van der Waals surface area contributed by atoms with E-state index in [4.69, 9.17) is 14.0 Å². The summed E-state index contributed by atoms with van der Waals surface area (Å²) in [6.07, 6.45) is 3.18. The van der Waals surface area contributed by atoms with Gasteiger partial charge in [0.1, 0.15) is 12.3 Å². The zero-order valence-electron chi connectivity index (χ0n) is 17.8. The van der Waals surface area contributed by atoms with Crippen LogP contribution in [0.3, 0.4) is 0 Å². The lowest BCUT2D eigenvalue weighted by atomic mass is 10.2. The molecular weight excluding hydrogens is 402 g/mol. The van der Waals surface area contributed by atoms with Crippen LogP contribution in [0.2, 0.25) is 0 Å². The summed E-state index contributed by atoms with van der Waals surface area (Å²) >= 11 is 0. The number of aromatic nitrogens is 3. The fraction of sp³-hybridized carbons (Fsp3) is 0.333. The standard InChI is InChI=1S/C21H23N5O5/c1-13-17(14(2)31-23-13)11-25-10-16(8-22-25)26-20(27)12-24(21(26)28)9-15-5-6-18(29-3)19(7-15)30-4/h5-8,10H,9,11-12H2,1-4H3. The van der Waals surface area contributed by atoms with Gasteiger partial charge in [0.15, 0.2) is 11.5 Å². The summed E-state index contributed by atoms with van der Waals surface area (Å²) in [5.41, 5.74) is 2.96. The lowest BCUT2D eigenvalue weighted by Crippen LogP contribution is -2.32. The van der Waals surface area contributed by atoms with Gasteiger partial charge in [0.2, 0.25) is 0 Å². The number of rotatable bonds is 7. The largest absolute Gasteiger partial charge is 0.493 e. The van der Waals surface area contributed by atoms with Gasteiger partial charge in [-0.3, -0.25) is 9.48 Å². The van der Waals surface area contributed by atoms with Gasteiger partial charge in [-0.1, -0.05) is 11.2 Å². The van der Waals surface area contributed by atoms with E-state index in [2.05, 4.69) is 10.3 Å². The van der Waals surface area contributed by atoms with E-state index in [0.29, 0.717) is 29.5 Å². The van der Waals surface area contributed by atoms with E-state index < -0.39 is 6.03 Å². The van der Waals surface area contributed by atoms with Gasteiger partial charge in [-0.25, -0.2) is 9.69 Å². The molecule has 1 aliphatic heterocycles. The number of methoxy groups -OCH3 is 2. The molecule has 1 fully saturated rings. The Morgan fingerprint density at radius 3 is 2.55 bits per heavy atom. The number of nitrogens with zero attached hydrogens (tertiary/aromatic N) is 5. The molecule has 162 valence electrons. The molecule has 0 spiro atoms. The van der Waals surface area contributed by atoms with Crippen LogP contribution < -0.4 is 14.4 Å². The Bertz CT molecular complexity index is 1120. The van der Waals surface area contributed by atoms with Gasteiger partial charge >= 0.3 is 6.03 Å². The highest BCUT2D eigenvalue weighted by atomic mass is 16.5. The second-order valence-electron chi connectivity index (χ2n) is 7.26. The molecule has 2 aromatic heterocycles. The van der Waals surface area contributed by atoms with Crippen molar-refractivity contribution in [2.75, 3.05) is 25.7 Å². The third kappa shape index (κ3) is 3.83. The van der Waals surface area contributed by atoms with Crippen LogP contribution in [0.1, 0.15) is 22.6 Å². The fourth-order valence-electron chi connectivity index (χ4n) is 3.57. The predicted octanol–water partition coefficient (Wildman–Crippen LogP) is 2.52. The molecule has 1 aromatic carbocycles. The van der Waals surface area contributed by atoms with E-state index in [1.165, 1.54) is 11.1 Å². The molecule has 0 aliphatic carbocycles. The maximum absolute atomic E-state index is 12.9. The maximum atomic E-state index is 12.9. The normalized spacial score (nSPS) is 13.9. The number of hydrogen-bond donors (Lipinski definition) is 0. The maximum Gasteiger partial charge on any atom is 0.332 e. The van der Waals surface area contributed by atoms with Gasteiger partial charge in [-0.2, -0.15) is 5.10 Å². The van der Waals surface area contributed by atoms with Crippen molar-refractivity contribution in [3.63, 3.8) is 0 Å². The molecule has 1 saturated heterocycles. The summed E-state index contributed by atoms with van der Waals surface area (Å²) < 4.78 is 17.4. The Balaban J connectivity index is 1.49. The summed E-state index contributed by atoms with van der Waals surface area (Å²) in [4.78, 5) is 28.2. The number of aryl methyl sites for hydroxylation is 2.